The molecule has 1 saturated heterocycles. The fourth-order valence-electron chi connectivity index (χ4n) is 5.63. The summed E-state index contributed by atoms with van der Waals surface area (Å²) in [5.74, 6) is -1.92. The molecule has 0 aliphatic carbocycles. The summed E-state index contributed by atoms with van der Waals surface area (Å²) in [6, 6.07) is 37.4. The van der Waals surface area contributed by atoms with Gasteiger partial charge in [-0.15, -0.1) is 0 Å². The molecular formula is C38H36N2O6. The monoisotopic (exact) mass is 616 g/mol. The molecule has 4 aromatic carbocycles. The minimum atomic E-state index is -1.80. The highest BCUT2D eigenvalue weighted by Gasteiger charge is 2.51. The zero-order valence-electron chi connectivity index (χ0n) is 25.9. The van der Waals surface area contributed by atoms with Gasteiger partial charge >= 0.3 is 17.9 Å². The number of esters is 3. The summed E-state index contributed by atoms with van der Waals surface area (Å²) in [7, 11) is 2.59. The number of carbonyl (C=O) groups excluding carboxylic acids is 3. The molecule has 234 valence electrons. The fraction of sp³-hybridized carbons (Fsp3) is 0.184. The molecule has 46 heavy (non-hydrogen) atoms. The van der Waals surface area contributed by atoms with Gasteiger partial charge in [-0.25, -0.2) is 14.4 Å². The van der Waals surface area contributed by atoms with E-state index >= 15 is 0 Å². The van der Waals surface area contributed by atoms with Crippen molar-refractivity contribution in [1.29, 1.82) is 0 Å². The molecule has 1 heterocycles. The van der Waals surface area contributed by atoms with Crippen LogP contribution in [0.15, 0.2) is 145 Å². The normalized spacial score (nSPS) is 16.0. The lowest BCUT2D eigenvalue weighted by atomic mass is 9.84. The molecule has 0 spiro atoms. The Morgan fingerprint density at radius 3 is 1.41 bits per heavy atom. The Bertz CT molecular complexity index is 1610. The van der Waals surface area contributed by atoms with Crippen LogP contribution in [0.3, 0.4) is 0 Å². The Labute approximate surface area is 269 Å². The molecule has 0 unspecified atom stereocenters. The van der Waals surface area contributed by atoms with E-state index in [1.807, 2.05) is 107 Å². The van der Waals surface area contributed by atoms with Crippen LogP contribution in [-0.2, 0) is 42.5 Å². The van der Waals surface area contributed by atoms with Gasteiger partial charge in [0.1, 0.15) is 0 Å². The zero-order valence-corrected chi connectivity index (χ0v) is 25.9. The number of nitrogens with zero attached hydrogens (tertiary/aromatic N) is 2. The highest BCUT2D eigenvalue weighted by atomic mass is 16.6. The maximum absolute atomic E-state index is 14.2. The maximum atomic E-state index is 14.2. The van der Waals surface area contributed by atoms with Crippen LogP contribution in [-0.4, -0.2) is 55.0 Å². The van der Waals surface area contributed by atoms with Crippen LogP contribution in [0.2, 0.25) is 0 Å². The van der Waals surface area contributed by atoms with Crippen molar-refractivity contribution in [3.63, 3.8) is 0 Å². The standard InChI is InChI=1S/C38H36N2O6/c1-44-35(41)25-33-38(32-21-13-6-14-22-32,46-37(43)31-19-11-5-12-20-31)34(26-36(42)45-2)40(28-30-17-9-4-10-18-30)24-23-39(33)27-29-15-7-3-8-16-29/h3-22,25-26H,23-24,27-28H2,1-2H3/b33-25-,34-26-. The lowest BCUT2D eigenvalue weighted by molar-refractivity contribution is -0.135. The first kappa shape index (κ1) is 31.8. The second-order valence-corrected chi connectivity index (χ2v) is 10.7. The summed E-state index contributed by atoms with van der Waals surface area (Å²) in [5.41, 5.74) is 1.67. The van der Waals surface area contributed by atoms with Crippen LogP contribution in [0.4, 0.5) is 0 Å². The predicted molar refractivity (Wildman–Crippen MR) is 174 cm³/mol. The van der Waals surface area contributed by atoms with Gasteiger partial charge in [-0.2, -0.15) is 0 Å². The molecule has 4 aromatic rings. The molecule has 0 saturated carbocycles. The number of benzene rings is 4. The van der Waals surface area contributed by atoms with Gasteiger partial charge in [0.15, 0.2) is 0 Å². The van der Waals surface area contributed by atoms with E-state index in [9.17, 15) is 14.4 Å². The lowest BCUT2D eigenvalue weighted by Crippen LogP contribution is -2.45. The smallest absolute Gasteiger partial charge is 0.339 e. The van der Waals surface area contributed by atoms with Crippen LogP contribution in [0.25, 0.3) is 0 Å². The molecule has 1 aliphatic rings. The zero-order chi connectivity index (χ0) is 32.4. The highest BCUT2D eigenvalue weighted by molar-refractivity contribution is 5.91. The molecule has 5 rings (SSSR count). The third-order valence-electron chi connectivity index (χ3n) is 7.82. The Kier molecular flexibility index (Phi) is 10.3. The quantitative estimate of drug-likeness (QED) is 0.131. The van der Waals surface area contributed by atoms with Crippen molar-refractivity contribution in [2.24, 2.45) is 0 Å². The average molecular weight is 617 g/mol. The van der Waals surface area contributed by atoms with Crippen molar-refractivity contribution in [2.45, 2.75) is 18.7 Å². The van der Waals surface area contributed by atoms with E-state index < -0.39 is 23.5 Å². The molecular weight excluding hydrogens is 580 g/mol. The van der Waals surface area contributed by atoms with Gasteiger partial charge in [0, 0.05) is 43.9 Å². The maximum Gasteiger partial charge on any atom is 0.339 e. The van der Waals surface area contributed by atoms with Crippen molar-refractivity contribution in [3.8, 4) is 0 Å². The van der Waals surface area contributed by atoms with Gasteiger partial charge in [-0.1, -0.05) is 109 Å². The van der Waals surface area contributed by atoms with Crippen LogP contribution in [0.1, 0.15) is 27.0 Å². The second-order valence-electron chi connectivity index (χ2n) is 10.7. The van der Waals surface area contributed by atoms with Crippen molar-refractivity contribution < 1.29 is 28.6 Å². The molecule has 0 atom stereocenters. The first-order valence-electron chi connectivity index (χ1n) is 15.0. The summed E-state index contributed by atoms with van der Waals surface area (Å²) in [5, 5.41) is 0. The van der Waals surface area contributed by atoms with Gasteiger partial charge in [-0.3, -0.25) is 0 Å². The van der Waals surface area contributed by atoms with Crippen LogP contribution < -0.4 is 0 Å². The van der Waals surface area contributed by atoms with E-state index in [1.165, 1.54) is 26.4 Å². The van der Waals surface area contributed by atoms with Crippen LogP contribution in [0, 0.1) is 0 Å². The molecule has 8 nitrogen and oxygen atoms in total. The largest absolute Gasteiger partial charge is 0.466 e. The van der Waals surface area contributed by atoms with Crippen molar-refractivity contribution in [1.82, 2.24) is 9.80 Å². The summed E-state index contributed by atoms with van der Waals surface area (Å²) >= 11 is 0. The van der Waals surface area contributed by atoms with E-state index in [0.29, 0.717) is 48.7 Å². The summed E-state index contributed by atoms with van der Waals surface area (Å²) < 4.78 is 17.0. The van der Waals surface area contributed by atoms with Crippen LogP contribution in [0.5, 0.6) is 0 Å². The van der Waals surface area contributed by atoms with E-state index in [1.54, 1.807) is 24.3 Å². The van der Waals surface area contributed by atoms with Gasteiger partial charge in [-0.05, 0) is 23.3 Å². The van der Waals surface area contributed by atoms with Gasteiger partial charge < -0.3 is 24.0 Å². The first-order chi connectivity index (χ1) is 22.4. The fourth-order valence-corrected chi connectivity index (χ4v) is 5.63. The number of hydrogen-bond acceptors (Lipinski definition) is 8. The lowest BCUT2D eigenvalue weighted by Gasteiger charge is -2.42. The van der Waals surface area contributed by atoms with E-state index in [0.717, 1.165) is 11.1 Å². The van der Waals surface area contributed by atoms with E-state index in [2.05, 4.69) is 0 Å². The molecule has 0 radical (unpaired) electrons. The van der Waals surface area contributed by atoms with Crippen LogP contribution >= 0.6 is 0 Å². The van der Waals surface area contributed by atoms with E-state index in [-0.39, 0.29) is 0 Å². The Balaban J connectivity index is 1.84. The SMILES string of the molecule is COC(=O)/C=C1\N(Cc2ccccc2)CCN(Cc2ccccc2)/C(=C\C(=O)OC)C1(OC(=O)c1ccccc1)c1ccccc1. The molecule has 0 aromatic heterocycles. The molecule has 0 N–H and O–H groups in total. The third kappa shape index (κ3) is 7.18. The summed E-state index contributed by atoms with van der Waals surface area (Å²) in [6.07, 6.45) is 2.71. The van der Waals surface area contributed by atoms with Crippen molar-refractivity contribution in [3.05, 3.63) is 167 Å². The summed E-state index contributed by atoms with van der Waals surface area (Å²) in [6.45, 7) is 1.60. The third-order valence-corrected chi connectivity index (χ3v) is 7.82. The number of methoxy groups -OCH3 is 2. The van der Waals surface area contributed by atoms with Gasteiger partial charge in [0.25, 0.3) is 0 Å². The molecule has 0 amide bonds. The first-order valence-corrected chi connectivity index (χ1v) is 15.0. The number of carbonyl (C=O) groups is 3. The highest BCUT2D eigenvalue weighted by Crippen LogP contribution is 2.47. The van der Waals surface area contributed by atoms with Gasteiger partial charge in [0.2, 0.25) is 5.60 Å². The van der Waals surface area contributed by atoms with Crippen molar-refractivity contribution in [2.75, 3.05) is 27.3 Å². The molecule has 8 heteroatoms. The number of ether oxygens (including phenoxy) is 3. The Morgan fingerprint density at radius 1 is 0.609 bits per heavy atom. The van der Waals surface area contributed by atoms with E-state index in [4.69, 9.17) is 14.2 Å². The second kappa shape index (κ2) is 14.9. The molecule has 0 bridgehead atoms. The Hall–Kier alpha value is -5.63. The Morgan fingerprint density at radius 2 is 1.00 bits per heavy atom. The topological polar surface area (TPSA) is 85.4 Å². The minimum absolute atomic E-state index is 0.307. The minimum Gasteiger partial charge on any atom is -0.466 e. The summed E-state index contributed by atoms with van der Waals surface area (Å²) in [4.78, 5) is 44.7. The predicted octanol–water partition coefficient (Wildman–Crippen LogP) is 5.87. The number of rotatable bonds is 9. The number of hydrogen-bond donors (Lipinski definition) is 0. The molecule has 1 aliphatic heterocycles. The van der Waals surface area contributed by atoms with Gasteiger partial charge in [0.05, 0.1) is 31.2 Å². The average Bonchev–Trinajstić information content (AvgIpc) is 3.21. The van der Waals surface area contributed by atoms with Crippen molar-refractivity contribution >= 4 is 17.9 Å². The molecule has 1 fully saturated rings.